The van der Waals surface area contributed by atoms with Crippen LogP contribution in [0.3, 0.4) is 0 Å². The molecule has 0 saturated heterocycles. The fourth-order valence-electron chi connectivity index (χ4n) is 1.49. The number of amidine groups is 1. The summed E-state index contributed by atoms with van der Waals surface area (Å²) in [5.41, 5.74) is 1.23. The Labute approximate surface area is 83.8 Å². The minimum Gasteiger partial charge on any atom is -0.272 e. The predicted molar refractivity (Wildman–Crippen MR) is 55.8 cm³/mol. The molecule has 0 aromatic heterocycles. The zero-order valence-electron chi connectivity index (χ0n) is 8.74. The second-order valence-corrected chi connectivity index (χ2v) is 4.61. The van der Waals surface area contributed by atoms with Crippen LogP contribution in [0.2, 0.25) is 0 Å². The lowest BCUT2D eigenvalue weighted by Gasteiger charge is -2.25. The van der Waals surface area contributed by atoms with Crippen LogP contribution < -0.4 is 0 Å². The van der Waals surface area contributed by atoms with E-state index < -0.39 is 0 Å². The van der Waals surface area contributed by atoms with Crippen LogP contribution in [0.1, 0.15) is 20.8 Å². The largest absolute Gasteiger partial charge is 0.272 e. The molecule has 2 aliphatic heterocycles. The van der Waals surface area contributed by atoms with Gasteiger partial charge >= 0.3 is 0 Å². The van der Waals surface area contributed by atoms with E-state index in [-0.39, 0.29) is 17.9 Å². The number of amides is 1. The van der Waals surface area contributed by atoms with Crippen molar-refractivity contribution in [1.82, 2.24) is 4.90 Å². The summed E-state index contributed by atoms with van der Waals surface area (Å²) in [4.78, 5) is 17.2. The maximum atomic E-state index is 11.4. The van der Waals surface area contributed by atoms with E-state index in [0.717, 1.165) is 11.4 Å². The molecule has 0 atom stereocenters. The summed E-state index contributed by atoms with van der Waals surface area (Å²) in [7, 11) is 0. The van der Waals surface area contributed by atoms with Crippen molar-refractivity contribution in [3.05, 3.63) is 23.9 Å². The molecule has 2 heterocycles. The number of rotatable bonds is 0. The fraction of sp³-hybridized carbons (Fsp3) is 0.455. The molecular formula is C11H14N2O. The quantitative estimate of drug-likeness (QED) is 0.572. The number of allylic oxidation sites excluding steroid dienone is 2. The Morgan fingerprint density at radius 1 is 1.36 bits per heavy atom. The normalized spacial score (nSPS) is 20.8. The topological polar surface area (TPSA) is 32.7 Å². The summed E-state index contributed by atoms with van der Waals surface area (Å²) in [6.07, 6.45) is 5.84. The van der Waals surface area contributed by atoms with Gasteiger partial charge < -0.3 is 0 Å². The molecule has 74 valence electrons. The van der Waals surface area contributed by atoms with Gasteiger partial charge in [-0.2, -0.15) is 0 Å². The van der Waals surface area contributed by atoms with E-state index in [0.29, 0.717) is 0 Å². The Balaban J connectivity index is 2.34. The van der Waals surface area contributed by atoms with Gasteiger partial charge in [0, 0.05) is 6.20 Å². The third-order valence-corrected chi connectivity index (χ3v) is 2.44. The van der Waals surface area contributed by atoms with Gasteiger partial charge in [-0.1, -0.05) is 26.8 Å². The van der Waals surface area contributed by atoms with E-state index in [2.05, 4.69) is 25.8 Å². The van der Waals surface area contributed by atoms with Gasteiger partial charge in [0.2, 0.25) is 0 Å². The number of aliphatic imine (C=N–C) groups is 1. The highest BCUT2D eigenvalue weighted by molar-refractivity contribution is 6.11. The second-order valence-electron chi connectivity index (χ2n) is 4.61. The van der Waals surface area contributed by atoms with Gasteiger partial charge in [0.15, 0.2) is 0 Å². The molecule has 0 spiro atoms. The van der Waals surface area contributed by atoms with Gasteiger partial charge in [0.25, 0.3) is 5.91 Å². The third-order valence-electron chi connectivity index (χ3n) is 2.44. The summed E-state index contributed by atoms with van der Waals surface area (Å²) in [6, 6.07) is 0. The van der Waals surface area contributed by atoms with E-state index in [1.165, 1.54) is 0 Å². The number of hydrogen-bond acceptors (Lipinski definition) is 2. The van der Waals surface area contributed by atoms with Crippen LogP contribution in [0.15, 0.2) is 28.9 Å². The summed E-state index contributed by atoms with van der Waals surface area (Å²) in [5.74, 6) is 0.828. The van der Waals surface area contributed by atoms with Gasteiger partial charge in [0.1, 0.15) is 12.4 Å². The average Bonchev–Trinajstić information content (AvgIpc) is 2.46. The molecule has 2 rings (SSSR count). The molecule has 0 bridgehead atoms. The summed E-state index contributed by atoms with van der Waals surface area (Å²) in [6.45, 7) is 6.68. The Kier molecular flexibility index (Phi) is 1.84. The molecule has 14 heavy (non-hydrogen) atoms. The van der Waals surface area contributed by atoms with Crippen LogP contribution in [0, 0.1) is 5.41 Å². The molecule has 0 N–H and O–H groups in total. The van der Waals surface area contributed by atoms with Crippen molar-refractivity contribution in [3.63, 3.8) is 0 Å². The number of fused-ring (bicyclic) bond motifs is 1. The summed E-state index contributed by atoms with van der Waals surface area (Å²) >= 11 is 0. The third kappa shape index (κ3) is 1.39. The molecule has 0 radical (unpaired) electrons. The van der Waals surface area contributed by atoms with Gasteiger partial charge in [0.05, 0.1) is 0 Å². The van der Waals surface area contributed by atoms with E-state index in [1.54, 1.807) is 4.90 Å². The molecule has 3 nitrogen and oxygen atoms in total. The van der Waals surface area contributed by atoms with Crippen molar-refractivity contribution < 1.29 is 4.79 Å². The van der Waals surface area contributed by atoms with Crippen molar-refractivity contribution >= 4 is 11.7 Å². The fourth-order valence-corrected chi connectivity index (χ4v) is 1.49. The van der Waals surface area contributed by atoms with Crippen molar-refractivity contribution in [2.45, 2.75) is 20.8 Å². The highest BCUT2D eigenvalue weighted by atomic mass is 16.2. The van der Waals surface area contributed by atoms with Crippen LogP contribution in [-0.2, 0) is 4.79 Å². The zero-order valence-corrected chi connectivity index (χ0v) is 8.74. The van der Waals surface area contributed by atoms with Crippen molar-refractivity contribution in [2.24, 2.45) is 10.4 Å². The Hall–Kier alpha value is -1.38. The van der Waals surface area contributed by atoms with E-state index in [1.807, 2.05) is 18.4 Å². The molecule has 1 amide bonds. The minimum absolute atomic E-state index is 0.0612. The van der Waals surface area contributed by atoms with Crippen LogP contribution in [0.25, 0.3) is 0 Å². The number of carbonyl (C=O) groups excluding carboxylic acids is 1. The molecule has 0 saturated carbocycles. The maximum absolute atomic E-state index is 11.4. The van der Waals surface area contributed by atoms with E-state index in [9.17, 15) is 4.79 Å². The first-order valence-corrected chi connectivity index (χ1v) is 4.75. The Bertz CT molecular complexity index is 369. The lowest BCUT2D eigenvalue weighted by atomic mass is 9.86. The van der Waals surface area contributed by atoms with Crippen LogP contribution in [-0.4, -0.2) is 23.2 Å². The zero-order chi connectivity index (χ0) is 10.3. The first-order valence-electron chi connectivity index (χ1n) is 4.75. The molecular weight excluding hydrogens is 176 g/mol. The molecule has 0 aromatic carbocycles. The van der Waals surface area contributed by atoms with Gasteiger partial charge in [-0.3, -0.25) is 14.7 Å². The first kappa shape index (κ1) is 9.19. The van der Waals surface area contributed by atoms with Crippen molar-refractivity contribution in [1.29, 1.82) is 0 Å². The van der Waals surface area contributed by atoms with Gasteiger partial charge in [-0.05, 0) is 17.1 Å². The Morgan fingerprint density at radius 2 is 2.07 bits per heavy atom. The lowest BCUT2D eigenvalue weighted by Crippen LogP contribution is -2.29. The molecule has 0 aromatic rings. The van der Waals surface area contributed by atoms with Gasteiger partial charge in [-0.15, -0.1) is 0 Å². The smallest absolute Gasteiger partial charge is 0.253 e. The molecule has 0 unspecified atom stereocenters. The number of carbonyl (C=O) groups is 1. The van der Waals surface area contributed by atoms with E-state index in [4.69, 9.17) is 0 Å². The lowest BCUT2D eigenvalue weighted by molar-refractivity contribution is -0.123. The average molecular weight is 190 g/mol. The van der Waals surface area contributed by atoms with Crippen molar-refractivity contribution in [2.75, 3.05) is 6.54 Å². The monoisotopic (exact) mass is 190 g/mol. The molecule has 2 aliphatic rings. The second kappa shape index (κ2) is 2.80. The Morgan fingerprint density at radius 3 is 2.71 bits per heavy atom. The summed E-state index contributed by atoms with van der Waals surface area (Å²) in [5, 5.41) is 0. The van der Waals surface area contributed by atoms with E-state index >= 15 is 0 Å². The minimum atomic E-state index is 0.0612. The van der Waals surface area contributed by atoms with Gasteiger partial charge in [-0.25, -0.2) is 0 Å². The van der Waals surface area contributed by atoms with Crippen LogP contribution in [0.5, 0.6) is 0 Å². The van der Waals surface area contributed by atoms with Crippen LogP contribution in [0.4, 0.5) is 0 Å². The molecule has 0 fully saturated rings. The maximum Gasteiger partial charge on any atom is 0.253 e. The first-order chi connectivity index (χ1) is 6.48. The molecule has 0 aliphatic carbocycles. The predicted octanol–water partition coefficient (Wildman–Crippen LogP) is 1.73. The SMILES string of the molecule is CC(C)(C)C1=CN2C(=O)CN=C2C=C1. The number of hydrogen-bond donors (Lipinski definition) is 0. The molecule has 3 heteroatoms. The number of nitrogens with zero attached hydrogens (tertiary/aromatic N) is 2. The standard InChI is InChI=1S/C11H14N2O/c1-11(2,3)8-4-5-9-12-6-10(14)13(9)7-8/h4-5,7H,6H2,1-3H3. The van der Waals surface area contributed by atoms with Crippen LogP contribution >= 0.6 is 0 Å². The highest BCUT2D eigenvalue weighted by Gasteiger charge is 2.27. The summed E-state index contributed by atoms with van der Waals surface area (Å²) < 4.78 is 0. The van der Waals surface area contributed by atoms with Crippen molar-refractivity contribution in [3.8, 4) is 0 Å². The highest BCUT2D eigenvalue weighted by Crippen LogP contribution is 2.29.